The van der Waals surface area contributed by atoms with Gasteiger partial charge in [-0.1, -0.05) is 23.7 Å². The maximum absolute atomic E-state index is 10.3. The van der Waals surface area contributed by atoms with Crippen molar-refractivity contribution in [3.63, 3.8) is 0 Å². The number of para-hydroxylation sites is 1. The summed E-state index contributed by atoms with van der Waals surface area (Å²) in [4.78, 5) is 10.3. The molecule has 0 aliphatic carbocycles. The average molecular weight is 237 g/mol. The van der Waals surface area contributed by atoms with E-state index in [1.165, 1.54) is 0 Å². The van der Waals surface area contributed by atoms with Crippen LogP contribution in [-0.2, 0) is 4.79 Å². The van der Waals surface area contributed by atoms with E-state index >= 15 is 0 Å². The van der Waals surface area contributed by atoms with E-state index in [1.54, 1.807) is 24.3 Å². The van der Waals surface area contributed by atoms with Crippen molar-refractivity contribution in [2.75, 3.05) is 11.6 Å². The van der Waals surface area contributed by atoms with Crippen LogP contribution in [-0.4, -0.2) is 17.6 Å². The van der Waals surface area contributed by atoms with Crippen molar-refractivity contribution < 1.29 is 9.90 Å². The number of halogens is 2. The lowest BCUT2D eigenvalue weighted by molar-refractivity contribution is -0.135. The van der Waals surface area contributed by atoms with Gasteiger partial charge in [0.15, 0.2) is 0 Å². The molecule has 0 radical (unpaired) electrons. The summed E-state index contributed by atoms with van der Waals surface area (Å²) in [5.41, 5.74) is 0.506. The van der Waals surface area contributed by atoms with Crippen LogP contribution in [0.15, 0.2) is 24.3 Å². The highest BCUT2D eigenvalue weighted by molar-refractivity contribution is 6.33. The Bertz CT molecular complexity index is 320. The number of hydrazine groups is 1. The summed E-state index contributed by atoms with van der Waals surface area (Å²) < 4.78 is 0. The van der Waals surface area contributed by atoms with Crippen molar-refractivity contribution in [1.29, 1.82) is 0 Å². The standard InChI is InChI=1S/C8H9ClN2O2.ClH/c9-6-3-1-2-4-7(6)11(10)5-8(12)13;/h1-4H,5,10H2,(H,12,13);1H. The number of carboxylic acid groups (broad SMARTS) is 1. The predicted molar refractivity (Wildman–Crippen MR) is 57.9 cm³/mol. The molecular formula is C8H10Cl2N2O2. The molecule has 0 heterocycles. The van der Waals surface area contributed by atoms with Crippen LogP contribution in [0, 0.1) is 0 Å². The molecule has 0 amide bonds. The van der Waals surface area contributed by atoms with Crippen LogP contribution in [0.2, 0.25) is 5.02 Å². The third-order valence-corrected chi connectivity index (χ3v) is 1.79. The predicted octanol–water partition coefficient (Wildman–Crippen LogP) is 1.53. The van der Waals surface area contributed by atoms with Crippen molar-refractivity contribution in [3.05, 3.63) is 29.3 Å². The molecule has 0 saturated heterocycles. The Labute approximate surface area is 92.6 Å². The summed E-state index contributed by atoms with van der Waals surface area (Å²) in [7, 11) is 0. The van der Waals surface area contributed by atoms with Crippen LogP contribution in [0.25, 0.3) is 0 Å². The quantitative estimate of drug-likeness (QED) is 0.617. The molecule has 0 saturated carbocycles. The summed E-state index contributed by atoms with van der Waals surface area (Å²) in [6.07, 6.45) is 0. The van der Waals surface area contributed by atoms with Gasteiger partial charge in [0.25, 0.3) is 0 Å². The van der Waals surface area contributed by atoms with Gasteiger partial charge in [-0.3, -0.25) is 9.80 Å². The lowest BCUT2D eigenvalue weighted by atomic mass is 10.3. The molecule has 0 aromatic heterocycles. The van der Waals surface area contributed by atoms with Gasteiger partial charge in [-0.25, -0.2) is 5.84 Å². The van der Waals surface area contributed by atoms with Crippen molar-refractivity contribution in [3.8, 4) is 0 Å². The molecule has 0 unspecified atom stereocenters. The van der Waals surface area contributed by atoms with Crippen molar-refractivity contribution in [1.82, 2.24) is 0 Å². The highest BCUT2D eigenvalue weighted by atomic mass is 35.5. The Morgan fingerprint density at radius 2 is 2.07 bits per heavy atom. The van der Waals surface area contributed by atoms with Gasteiger partial charge in [0.1, 0.15) is 6.54 Å². The fourth-order valence-corrected chi connectivity index (χ4v) is 1.16. The Kier molecular flexibility index (Phi) is 5.30. The molecule has 6 heteroatoms. The smallest absolute Gasteiger partial charge is 0.324 e. The molecule has 0 aliphatic heterocycles. The molecule has 0 aliphatic rings. The Morgan fingerprint density at radius 1 is 1.50 bits per heavy atom. The van der Waals surface area contributed by atoms with E-state index in [-0.39, 0.29) is 19.0 Å². The third kappa shape index (κ3) is 3.41. The minimum absolute atomic E-state index is 0. The Morgan fingerprint density at radius 3 is 2.57 bits per heavy atom. The van der Waals surface area contributed by atoms with E-state index in [4.69, 9.17) is 22.6 Å². The van der Waals surface area contributed by atoms with E-state index in [2.05, 4.69) is 0 Å². The number of rotatable bonds is 3. The fraction of sp³-hybridized carbons (Fsp3) is 0.125. The van der Waals surface area contributed by atoms with E-state index in [9.17, 15) is 4.79 Å². The second-order valence-electron chi connectivity index (χ2n) is 2.47. The van der Waals surface area contributed by atoms with Gasteiger partial charge < -0.3 is 5.11 Å². The molecule has 4 nitrogen and oxygen atoms in total. The number of nitrogens with zero attached hydrogens (tertiary/aromatic N) is 1. The molecule has 1 aromatic rings. The fourth-order valence-electron chi connectivity index (χ4n) is 0.916. The van der Waals surface area contributed by atoms with E-state index in [1.807, 2.05) is 0 Å². The minimum Gasteiger partial charge on any atom is -0.480 e. The SMILES string of the molecule is Cl.NN(CC(=O)O)c1ccccc1Cl. The molecule has 0 spiro atoms. The average Bonchev–Trinajstić information content (AvgIpc) is 2.03. The zero-order valence-corrected chi connectivity index (χ0v) is 8.76. The van der Waals surface area contributed by atoms with Crippen molar-refractivity contribution >= 4 is 35.7 Å². The molecule has 14 heavy (non-hydrogen) atoms. The maximum atomic E-state index is 10.3. The number of anilines is 1. The van der Waals surface area contributed by atoms with E-state index < -0.39 is 5.97 Å². The largest absolute Gasteiger partial charge is 0.480 e. The Hall–Kier alpha value is -0.970. The van der Waals surface area contributed by atoms with E-state index in [0.29, 0.717) is 10.7 Å². The number of hydrogen-bond donors (Lipinski definition) is 2. The van der Waals surface area contributed by atoms with Crippen molar-refractivity contribution in [2.24, 2.45) is 5.84 Å². The summed E-state index contributed by atoms with van der Waals surface area (Å²) in [5, 5.41) is 10.00. The van der Waals surface area contributed by atoms with Gasteiger partial charge in [-0.05, 0) is 12.1 Å². The van der Waals surface area contributed by atoms with Crippen molar-refractivity contribution in [2.45, 2.75) is 0 Å². The van der Waals surface area contributed by atoms with Crippen LogP contribution < -0.4 is 10.9 Å². The van der Waals surface area contributed by atoms with Crippen LogP contribution in [0.1, 0.15) is 0 Å². The highest BCUT2D eigenvalue weighted by Crippen LogP contribution is 2.22. The zero-order valence-electron chi connectivity index (χ0n) is 7.18. The molecule has 3 N–H and O–H groups in total. The molecule has 0 bridgehead atoms. The first-order valence-corrected chi connectivity index (χ1v) is 3.97. The second-order valence-corrected chi connectivity index (χ2v) is 2.88. The van der Waals surface area contributed by atoms with Gasteiger partial charge in [0, 0.05) is 0 Å². The first-order chi connectivity index (χ1) is 6.11. The molecule has 1 rings (SSSR count). The van der Waals surface area contributed by atoms with Crippen LogP contribution >= 0.6 is 24.0 Å². The van der Waals surface area contributed by atoms with Crippen LogP contribution in [0.4, 0.5) is 5.69 Å². The maximum Gasteiger partial charge on any atom is 0.324 e. The Balaban J connectivity index is 0.00000169. The molecule has 0 fully saturated rings. The lowest BCUT2D eigenvalue weighted by Gasteiger charge is -2.16. The third-order valence-electron chi connectivity index (χ3n) is 1.47. The lowest BCUT2D eigenvalue weighted by Crippen LogP contribution is -2.36. The molecule has 1 aromatic carbocycles. The second kappa shape index (κ2) is 5.70. The van der Waals surface area contributed by atoms with Gasteiger partial charge in [-0.2, -0.15) is 0 Å². The minimum atomic E-state index is -0.998. The van der Waals surface area contributed by atoms with Gasteiger partial charge in [0.2, 0.25) is 0 Å². The first-order valence-electron chi connectivity index (χ1n) is 3.60. The first kappa shape index (κ1) is 13.0. The molecule has 0 atom stereocenters. The molecular weight excluding hydrogens is 227 g/mol. The monoisotopic (exact) mass is 236 g/mol. The number of carbonyl (C=O) groups is 1. The number of aliphatic carboxylic acids is 1. The normalized spacial score (nSPS) is 9.00. The number of hydrogen-bond acceptors (Lipinski definition) is 3. The summed E-state index contributed by atoms with van der Waals surface area (Å²) in [5.74, 6) is 4.47. The van der Waals surface area contributed by atoms with Gasteiger partial charge in [0.05, 0.1) is 10.7 Å². The topological polar surface area (TPSA) is 66.6 Å². The highest BCUT2D eigenvalue weighted by Gasteiger charge is 2.08. The summed E-state index contributed by atoms with van der Waals surface area (Å²) in [6, 6.07) is 6.80. The van der Waals surface area contributed by atoms with Crippen LogP contribution in [0.3, 0.4) is 0 Å². The van der Waals surface area contributed by atoms with Gasteiger partial charge in [-0.15, -0.1) is 12.4 Å². The number of benzene rings is 1. The summed E-state index contributed by atoms with van der Waals surface area (Å²) in [6.45, 7) is -0.274. The summed E-state index contributed by atoms with van der Waals surface area (Å²) >= 11 is 5.79. The zero-order chi connectivity index (χ0) is 9.84. The van der Waals surface area contributed by atoms with E-state index in [0.717, 1.165) is 5.01 Å². The number of carboxylic acids is 1. The van der Waals surface area contributed by atoms with Crippen LogP contribution in [0.5, 0.6) is 0 Å². The number of nitrogens with two attached hydrogens (primary N) is 1. The molecule has 78 valence electrons. The van der Waals surface area contributed by atoms with Gasteiger partial charge >= 0.3 is 5.97 Å².